The average molecular weight is 357 g/mol. The molecule has 0 aliphatic carbocycles. The van der Waals surface area contributed by atoms with Crippen molar-refractivity contribution in [2.24, 2.45) is 0 Å². The van der Waals surface area contributed by atoms with Gasteiger partial charge in [-0.2, -0.15) is 5.10 Å². The minimum absolute atomic E-state index is 0.106. The van der Waals surface area contributed by atoms with Crippen molar-refractivity contribution in [1.29, 1.82) is 0 Å². The molecular weight excluding hydrogens is 340 g/mol. The number of halogens is 1. The van der Waals surface area contributed by atoms with Crippen LogP contribution >= 0.6 is 11.6 Å². The molecule has 2 aromatic heterocycles. The molecule has 1 aliphatic rings. The molecule has 2 amide bonds. The Hall–Kier alpha value is -2.80. The number of aromatic amines is 1. The highest BCUT2D eigenvalue weighted by Crippen LogP contribution is 2.23. The van der Waals surface area contributed by atoms with Crippen molar-refractivity contribution in [2.75, 3.05) is 36.4 Å². The molecule has 128 valence electrons. The van der Waals surface area contributed by atoms with Crippen molar-refractivity contribution >= 4 is 40.0 Å². The first-order valence-corrected chi connectivity index (χ1v) is 8.43. The molecule has 0 spiro atoms. The lowest BCUT2D eigenvalue weighted by atomic mass is 10.2. The van der Waals surface area contributed by atoms with Gasteiger partial charge in [-0.25, -0.2) is 9.78 Å². The third-order valence-corrected chi connectivity index (χ3v) is 4.59. The van der Waals surface area contributed by atoms with E-state index in [9.17, 15) is 4.79 Å². The normalized spacial score (nSPS) is 14.8. The Balaban J connectivity index is 1.38. The Kier molecular flexibility index (Phi) is 4.15. The van der Waals surface area contributed by atoms with Gasteiger partial charge in [0, 0.05) is 43.4 Å². The number of benzene rings is 1. The van der Waals surface area contributed by atoms with E-state index in [2.05, 4.69) is 25.4 Å². The van der Waals surface area contributed by atoms with Crippen LogP contribution in [-0.4, -0.2) is 52.3 Å². The predicted molar refractivity (Wildman–Crippen MR) is 98.1 cm³/mol. The zero-order chi connectivity index (χ0) is 17.2. The molecule has 3 aromatic rings. The summed E-state index contributed by atoms with van der Waals surface area (Å²) in [4.78, 5) is 20.7. The van der Waals surface area contributed by atoms with Crippen LogP contribution in [-0.2, 0) is 0 Å². The van der Waals surface area contributed by atoms with Crippen molar-refractivity contribution in [3.05, 3.63) is 47.7 Å². The third kappa shape index (κ3) is 3.23. The van der Waals surface area contributed by atoms with E-state index in [1.54, 1.807) is 17.3 Å². The molecule has 25 heavy (non-hydrogen) atoms. The second-order valence-electron chi connectivity index (χ2n) is 5.89. The molecule has 1 aliphatic heterocycles. The average Bonchev–Trinajstić information content (AvgIpc) is 3.10. The summed E-state index contributed by atoms with van der Waals surface area (Å²) in [6.07, 6.45) is 3.48. The lowest BCUT2D eigenvalue weighted by molar-refractivity contribution is 0.208. The number of nitrogens with zero attached hydrogens (tertiary/aromatic N) is 4. The van der Waals surface area contributed by atoms with Gasteiger partial charge in [-0.05, 0) is 30.3 Å². The maximum atomic E-state index is 12.5. The van der Waals surface area contributed by atoms with E-state index < -0.39 is 0 Å². The number of piperazine rings is 1. The van der Waals surface area contributed by atoms with Gasteiger partial charge in [-0.3, -0.25) is 5.10 Å². The molecule has 8 heteroatoms. The second kappa shape index (κ2) is 6.60. The van der Waals surface area contributed by atoms with Gasteiger partial charge in [0.05, 0.1) is 16.7 Å². The summed E-state index contributed by atoms with van der Waals surface area (Å²) in [6, 6.07) is 9.21. The summed E-state index contributed by atoms with van der Waals surface area (Å²) in [5.74, 6) is 0.772. The summed E-state index contributed by atoms with van der Waals surface area (Å²) in [6.45, 7) is 2.63. The zero-order valence-corrected chi connectivity index (χ0v) is 14.2. The van der Waals surface area contributed by atoms with Crippen molar-refractivity contribution in [3.8, 4) is 0 Å². The van der Waals surface area contributed by atoms with E-state index in [1.165, 1.54) is 0 Å². The number of carbonyl (C=O) groups is 1. The van der Waals surface area contributed by atoms with Crippen LogP contribution in [0.15, 0.2) is 42.7 Å². The molecule has 0 atom stereocenters. The molecule has 1 saturated heterocycles. The van der Waals surface area contributed by atoms with Crippen LogP contribution in [0.5, 0.6) is 0 Å². The zero-order valence-electron chi connectivity index (χ0n) is 13.4. The number of hydrogen-bond donors (Lipinski definition) is 2. The molecule has 1 aromatic carbocycles. The van der Waals surface area contributed by atoms with Gasteiger partial charge in [-0.15, -0.1) is 0 Å². The number of nitrogens with one attached hydrogen (secondary N) is 2. The van der Waals surface area contributed by atoms with Crippen molar-refractivity contribution < 1.29 is 4.79 Å². The number of amides is 2. The van der Waals surface area contributed by atoms with Crippen molar-refractivity contribution in [1.82, 2.24) is 20.1 Å². The molecule has 4 rings (SSSR count). The van der Waals surface area contributed by atoms with Crippen LogP contribution in [0.1, 0.15) is 0 Å². The van der Waals surface area contributed by atoms with E-state index >= 15 is 0 Å². The number of carbonyl (C=O) groups excluding carboxylic acids is 1. The van der Waals surface area contributed by atoms with Crippen LogP contribution in [0.3, 0.4) is 0 Å². The third-order valence-electron chi connectivity index (χ3n) is 4.30. The molecule has 1 fully saturated rings. The van der Waals surface area contributed by atoms with Crippen LogP contribution in [0.4, 0.5) is 16.3 Å². The summed E-state index contributed by atoms with van der Waals surface area (Å²) < 4.78 is 0. The standard InChI is InChI=1S/C17H17ClN6O/c18-14-2-1-5-19-16(14)23-6-8-24(9-7-23)17(25)21-13-4-3-12-11-20-22-15(12)10-13/h1-5,10-11H,6-9H2,(H,20,22)(H,21,25). The Bertz CT molecular complexity index is 903. The Morgan fingerprint density at radius 1 is 1.20 bits per heavy atom. The van der Waals surface area contributed by atoms with Gasteiger partial charge in [0.25, 0.3) is 0 Å². The number of rotatable bonds is 2. The number of H-pyrrole nitrogens is 1. The van der Waals surface area contributed by atoms with E-state index in [-0.39, 0.29) is 6.03 Å². The molecule has 3 heterocycles. The minimum Gasteiger partial charge on any atom is -0.352 e. The topological polar surface area (TPSA) is 77.2 Å². The number of hydrogen-bond acceptors (Lipinski definition) is 4. The highest BCUT2D eigenvalue weighted by Gasteiger charge is 2.23. The van der Waals surface area contributed by atoms with E-state index in [4.69, 9.17) is 11.6 Å². The van der Waals surface area contributed by atoms with Gasteiger partial charge in [0.1, 0.15) is 5.82 Å². The number of urea groups is 1. The maximum Gasteiger partial charge on any atom is 0.321 e. The summed E-state index contributed by atoms with van der Waals surface area (Å²) >= 11 is 6.20. The smallest absolute Gasteiger partial charge is 0.321 e. The maximum absolute atomic E-state index is 12.5. The van der Waals surface area contributed by atoms with E-state index in [0.29, 0.717) is 31.2 Å². The van der Waals surface area contributed by atoms with Crippen LogP contribution in [0, 0.1) is 0 Å². The van der Waals surface area contributed by atoms with Gasteiger partial charge in [-0.1, -0.05) is 11.6 Å². The molecule has 7 nitrogen and oxygen atoms in total. The lowest BCUT2D eigenvalue weighted by Gasteiger charge is -2.35. The first kappa shape index (κ1) is 15.7. The first-order valence-electron chi connectivity index (χ1n) is 8.05. The molecule has 0 radical (unpaired) electrons. The predicted octanol–water partition coefficient (Wildman–Crippen LogP) is 2.97. The summed E-state index contributed by atoms with van der Waals surface area (Å²) in [5, 5.41) is 11.5. The van der Waals surface area contributed by atoms with Gasteiger partial charge < -0.3 is 15.1 Å². The van der Waals surface area contributed by atoms with Crippen LogP contribution < -0.4 is 10.2 Å². The molecule has 0 bridgehead atoms. The largest absolute Gasteiger partial charge is 0.352 e. The molecule has 2 N–H and O–H groups in total. The number of anilines is 2. The number of aromatic nitrogens is 3. The van der Waals surface area contributed by atoms with Crippen molar-refractivity contribution in [2.45, 2.75) is 0 Å². The minimum atomic E-state index is -0.106. The fourth-order valence-corrected chi connectivity index (χ4v) is 3.19. The summed E-state index contributed by atoms with van der Waals surface area (Å²) in [7, 11) is 0. The van der Waals surface area contributed by atoms with Gasteiger partial charge in [0.2, 0.25) is 0 Å². The first-order chi connectivity index (χ1) is 12.2. The highest BCUT2D eigenvalue weighted by atomic mass is 35.5. The molecule has 0 unspecified atom stereocenters. The highest BCUT2D eigenvalue weighted by molar-refractivity contribution is 6.32. The Morgan fingerprint density at radius 2 is 2.04 bits per heavy atom. The lowest BCUT2D eigenvalue weighted by Crippen LogP contribution is -2.50. The Labute approximate surface area is 149 Å². The van der Waals surface area contributed by atoms with E-state index in [1.807, 2.05) is 30.3 Å². The number of fused-ring (bicyclic) bond motifs is 1. The monoisotopic (exact) mass is 356 g/mol. The van der Waals surface area contributed by atoms with E-state index in [0.717, 1.165) is 22.4 Å². The molecular formula is C17H17ClN6O. The molecule has 0 saturated carbocycles. The fraction of sp³-hybridized carbons (Fsp3) is 0.235. The van der Waals surface area contributed by atoms with Crippen LogP contribution in [0.2, 0.25) is 5.02 Å². The summed E-state index contributed by atoms with van der Waals surface area (Å²) in [5.41, 5.74) is 1.64. The second-order valence-corrected chi connectivity index (χ2v) is 6.29. The quantitative estimate of drug-likeness (QED) is 0.740. The van der Waals surface area contributed by atoms with Crippen molar-refractivity contribution in [3.63, 3.8) is 0 Å². The van der Waals surface area contributed by atoms with Gasteiger partial charge >= 0.3 is 6.03 Å². The fourth-order valence-electron chi connectivity index (χ4n) is 2.95. The Morgan fingerprint density at radius 3 is 2.84 bits per heavy atom. The number of pyridine rings is 1. The van der Waals surface area contributed by atoms with Crippen LogP contribution in [0.25, 0.3) is 10.9 Å². The SMILES string of the molecule is O=C(Nc1ccc2cn[nH]c2c1)N1CCN(c2ncccc2Cl)CC1. The van der Waals surface area contributed by atoms with Gasteiger partial charge in [0.15, 0.2) is 0 Å².